The van der Waals surface area contributed by atoms with Crippen LogP contribution < -0.4 is 0 Å². The predicted octanol–water partition coefficient (Wildman–Crippen LogP) is 5.19. The van der Waals surface area contributed by atoms with E-state index in [9.17, 15) is 4.57 Å². The lowest BCUT2D eigenvalue weighted by molar-refractivity contribution is 0.115. The number of phosphoric ester groups is 1. The Kier molecular flexibility index (Phi) is 12.9. The van der Waals surface area contributed by atoms with Crippen molar-refractivity contribution < 1.29 is 18.9 Å². The van der Waals surface area contributed by atoms with Gasteiger partial charge in [-0.15, -0.1) is 0 Å². The Bertz CT molecular complexity index is 238. The first kappa shape index (κ1) is 20.1. The van der Waals surface area contributed by atoms with Gasteiger partial charge in [0.15, 0.2) is 0 Å². The van der Waals surface area contributed by atoms with Gasteiger partial charge in [0.1, 0.15) is 0 Å². The second kappa shape index (κ2) is 12.8. The number of phosphoric acid groups is 1. The molecule has 122 valence electrons. The fraction of sp³-hybridized carbons (Fsp3) is 1.00. The van der Waals surface area contributed by atoms with Gasteiger partial charge in [0, 0.05) is 0 Å². The smallest absolute Gasteiger partial charge is 0.303 e. The van der Waals surface area contributed by atoms with Crippen molar-refractivity contribution in [3.63, 3.8) is 0 Å². The van der Waals surface area contributed by atoms with Gasteiger partial charge in [-0.05, 0) is 12.8 Å². The van der Waals surface area contributed by atoms with E-state index in [-0.39, 0.29) is 6.10 Å². The molecule has 0 spiro atoms. The van der Waals surface area contributed by atoms with E-state index in [0.29, 0.717) is 0 Å². The summed E-state index contributed by atoms with van der Waals surface area (Å²) in [6.07, 6.45) is 12.8. The molecule has 2 N–H and O–H groups in total. The Morgan fingerprint density at radius 1 is 0.800 bits per heavy atom. The van der Waals surface area contributed by atoms with Crippen molar-refractivity contribution in [2.24, 2.45) is 0 Å². The molecule has 0 rings (SSSR count). The number of hydrogen-bond donors (Lipinski definition) is 2. The summed E-state index contributed by atoms with van der Waals surface area (Å²) in [4.78, 5) is 17.9. The molecule has 0 unspecified atom stereocenters. The fourth-order valence-electron chi connectivity index (χ4n) is 2.40. The highest BCUT2D eigenvalue weighted by Crippen LogP contribution is 2.39. The summed E-state index contributed by atoms with van der Waals surface area (Å²) in [7, 11) is -4.34. The topological polar surface area (TPSA) is 66.8 Å². The van der Waals surface area contributed by atoms with Gasteiger partial charge in [-0.3, -0.25) is 4.52 Å². The van der Waals surface area contributed by atoms with Crippen molar-refractivity contribution in [2.45, 2.75) is 97.0 Å². The molecule has 4 nitrogen and oxygen atoms in total. The van der Waals surface area contributed by atoms with Crippen LogP contribution in [0.25, 0.3) is 0 Å². The van der Waals surface area contributed by atoms with E-state index in [1.807, 2.05) is 0 Å². The zero-order chi connectivity index (χ0) is 15.3. The van der Waals surface area contributed by atoms with E-state index in [0.717, 1.165) is 38.5 Å². The lowest BCUT2D eigenvalue weighted by Gasteiger charge is -2.18. The summed E-state index contributed by atoms with van der Waals surface area (Å²) >= 11 is 0. The van der Waals surface area contributed by atoms with E-state index >= 15 is 0 Å². The maximum absolute atomic E-state index is 11.0. The van der Waals surface area contributed by atoms with Gasteiger partial charge in [-0.2, -0.15) is 0 Å². The Labute approximate surface area is 124 Å². The molecular formula is C15H33O4P. The van der Waals surface area contributed by atoms with Crippen LogP contribution in [0, 0.1) is 0 Å². The van der Waals surface area contributed by atoms with Crippen LogP contribution in [0.15, 0.2) is 0 Å². The van der Waals surface area contributed by atoms with Crippen molar-refractivity contribution in [3.05, 3.63) is 0 Å². The molecule has 0 heterocycles. The van der Waals surface area contributed by atoms with Gasteiger partial charge >= 0.3 is 7.82 Å². The Morgan fingerprint density at radius 3 is 1.55 bits per heavy atom. The van der Waals surface area contributed by atoms with E-state index in [2.05, 4.69) is 13.8 Å². The van der Waals surface area contributed by atoms with Crippen LogP contribution in [0.2, 0.25) is 0 Å². The lowest BCUT2D eigenvalue weighted by Crippen LogP contribution is -2.11. The minimum Gasteiger partial charge on any atom is -0.303 e. The fourth-order valence-corrected chi connectivity index (χ4v) is 2.99. The van der Waals surface area contributed by atoms with E-state index in [1.165, 1.54) is 38.5 Å². The second-order valence-electron chi connectivity index (χ2n) is 5.62. The van der Waals surface area contributed by atoms with Crippen molar-refractivity contribution in [1.29, 1.82) is 0 Å². The third kappa shape index (κ3) is 14.5. The standard InChI is InChI=1S/C15H33O4P/c1-3-5-7-9-11-13-15(19-20(16,17)18)14-12-10-8-6-4-2/h15H,3-14H2,1-2H3,(H2,16,17,18). The molecule has 0 saturated carbocycles. The van der Waals surface area contributed by atoms with Crippen LogP contribution in [0.5, 0.6) is 0 Å². The monoisotopic (exact) mass is 308 g/mol. The van der Waals surface area contributed by atoms with Gasteiger partial charge < -0.3 is 9.79 Å². The summed E-state index contributed by atoms with van der Waals surface area (Å²) in [5.41, 5.74) is 0. The van der Waals surface area contributed by atoms with Crippen molar-refractivity contribution in [2.75, 3.05) is 0 Å². The summed E-state index contributed by atoms with van der Waals surface area (Å²) in [5, 5.41) is 0. The summed E-state index contributed by atoms with van der Waals surface area (Å²) in [6, 6.07) is 0. The van der Waals surface area contributed by atoms with Gasteiger partial charge in [0.25, 0.3) is 0 Å². The average Bonchev–Trinajstić information content (AvgIpc) is 2.36. The zero-order valence-electron chi connectivity index (χ0n) is 13.2. The van der Waals surface area contributed by atoms with Crippen LogP contribution >= 0.6 is 7.82 Å². The maximum Gasteiger partial charge on any atom is 0.469 e. The normalized spacial score (nSPS) is 12.2. The van der Waals surface area contributed by atoms with Crippen LogP contribution in [0.4, 0.5) is 0 Å². The summed E-state index contributed by atoms with van der Waals surface area (Å²) in [6.45, 7) is 4.35. The minimum absolute atomic E-state index is 0.279. The van der Waals surface area contributed by atoms with Crippen molar-refractivity contribution in [1.82, 2.24) is 0 Å². The molecule has 5 heteroatoms. The van der Waals surface area contributed by atoms with E-state index in [1.54, 1.807) is 0 Å². The largest absolute Gasteiger partial charge is 0.469 e. The van der Waals surface area contributed by atoms with Gasteiger partial charge in [-0.1, -0.05) is 78.1 Å². The van der Waals surface area contributed by atoms with Crippen molar-refractivity contribution >= 4 is 7.82 Å². The maximum atomic E-state index is 11.0. The molecule has 0 aromatic rings. The molecule has 0 fully saturated rings. The van der Waals surface area contributed by atoms with Crippen molar-refractivity contribution in [3.8, 4) is 0 Å². The second-order valence-corrected chi connectivity index (χ2v) is 6.82. The van der Waals surface area contributed by atoms with Crippen LogP contribution in [-0.2, 0) is 9.09 Å². The summed E-state index contributed by atoms with van der Waals surface area (Å²) in [5.74, 6) is 0. The Hall–Kier alpha value is 0.110. The first-order valence-corrected chi connectivity index (χ1v) is 9.76. The molecule has 0 aliphatic rings. The molecule has 0 bridgehead atoms. The highest BCUT2D eigenvalue weighted by atomic mass is 31.2. The first-order chi connectivity index (χ1) is 9.49. The average molecular weight is 308 g/mol. The molecule has 20 heavy (non-hydrogen) atoms. The van der Waals surface area contributed by atoms with Crippen LogP contribution in [0.1, 0.15) is 90.9 Å². The molecule has 0 amide bonds. The van der Waals surface area contributed by atoms with E-state index < -0.39 is 7.82 Å². The Morgan fingerprint density at radius 2 is 1.20 bits per heavy atom. The Balaban J connectivity index is 3.86. The number of unbranched alkanes of at least 4 members (excludes halogenated alkanes) is 8. The minimum atomic E-state index is -4.34. The zero-order valence-corrected chi connectivity index (χ0v) is 14.1. The molecule has 0 aliphatic heterocycles. The quantitative estimate of drug-likeness (QED) is 0.342. The van der Waals surface area contributed by atoms with Crippen LogP contribution in [0.3, 0.4) is 0 Å². The molecule has 0 aromatic heterocycles. The molecule has 0 radical (unpaired) electrons. The number of hydrogen-bond acceptors (Lipinski definition) is 2. The molecule has 0 aromatic carbocycles. The molecular weight excluding hydrogens is 275 g/mol. The molecule has 0 atom stereocenters. The third-order valence-corrected chi connectivity index (χ3v) is 4.12. The van der Waals surface area contributed by atoms with Gasteiger partial charge in [-0.25, -0.2) is 4.57 Å². The van der Waals surface area contributed by atoms with E-state index in [4.69, 9.17) is 14.3 Å². The predicted molar refractivity (Wildman–Crippen MR) is 83.7 cm³/mol. The molecule has 0 aliphatic carbocycles. The number of rotatable bonds is 14. The van der Waals surface area contributed by atoms with Gasteiger partial charge in [0.2, 0.25) is 0 Å². The first-order valence-electron chi connectivity index (χ1n) is 8.23. The molecule has 0 saturated heterocycles. The highest BCUT2D eigenvalue weighted by molar-refractivity contribution is 7.46. The highest BCUT2D eigenvalue weighted by Gasteiger charge is 2.21. The lowest BCUT2D eigenvalue weighted by atomic mass is 10.0. The van der Waals surface area contributed by atoms with Gasteiger partial charge in [0.05, 0.1) is 6.10 Å². The third-order valence-electron chi connectivity index (χ3n) is 3.55. The summed E-state index contributed by atoms with van der Waals surface area (Å²) < 4.78 is 15.9. The SMILES string of the molecule is CCCCCCCC(CCCCCCC)OP(=O)(O)O. The van der Waals surface area contributed by atoms with Crippen LogP contribution in [-0.4, -0.2) is 15.9 Å².